The Kier molecular flexibility index (Phi) is 3.16. The molecule has 0 bridgehead atoms. The molecule has 2 rings (SSSR count). The number of allylic oxidation sites excluding steroid dienone is 1. The molecule has 0 radical (unpaired) electrons. The molecule has 0 saturated heterocycles. The van der Waals surface area contributed by atoms with Crippen molar-refractivity contribution in [2.24, 2.45) is 22.7 Å². The first kappa shape index (κ1) is 13.1. The Hall–Kier alpha value is -0.340. The monoisotopic (exact) mass is 238 g/mol. The highest BCUT2D eigenvalue weighted by Gasteiger charge is 2.54. The van der Waals surface area contributed by atoms with E-state index in [1.165, 1.54) is 5.57 Å². The van der Waals surface area contributed by atoms with Gasteiger partial charge in [0, 0.05) is 5.92 Å². The second-order valence-corrected chi connectivity index (χ2v) is 6.85. The first-order chi connectivity index (χ1) is 7.84. The lowest BCUT2D eigenvalue weighted by molar-refractivity contribution is -0.120. The zero-order valence-electron chi connectivity index (χ0n) is 11.5. The van der Waals surface area contributed by atoms with Crippen molar-refractivity contribution < 1.29 is 10.2 Å². The summed E-state index contributed by atoms with van der Waals surface area (Å²) in [6, 6.07) is 0. The van der Waals surface area contributed by atoms with Crippen LogP contribution >= 0.6 is 0 Å². The van der Waals surface area contributed by atoms with Crippen molar-refractivity contribution in [3.63, 3.8) is 0 Å². The maximum Gasteiger partial charge on any atom is 0.0594 e. The normalized spacial score (nSPS) is 45.1. The van der Waals surface area contributed by atoms with E-state index in [1.54, 1.807) is 0 Å². The quantitative estimate of drug-likeness (QED) is 0.690. The SMILES string of the molecule is CC1=CC[C@H]2C(C)(C)[C@@H](O)CC[C@@]2(C)[C@H]1CO. The van der Waals surface area contributed by atoms with E-state index in [0.717, 1.165) is 19.3 Å². The van der Waals surface area contributed by atoms with Crippen LogP contribution < -0.4 is 0 Å². The van der Waals surface area contributed by atoms with Gasteiger partial charge in [0.05, 0.1) is 12.7 Å². The molecule has 0 aromatic carbocycles. The predicted molar refractivity (Wildman–Crippen MR) is 69.6 cm³/mol. The highest BCUT2D eigenvalue weighted by Crippen LogP contribution is 2.59. The molecule has 2 nitrogen and oxygen atoms in total. The maximum atomic E-state index is 10.2. The molecule has 0 heterocycles. The third-order valence-corrected chi connectivity index (χ3v) is 5.71. The average Bonchev–Trinajstić information content (AvgIpc) is 2.24. The second kappa shape index (κ2) is 4.10. The molecule has 2 N–H and O–H groups in total. The zero-order chi connectivity index (χ0) is 12.8. The third-order valence-electron chi connectivity index (χ3n) is 5.71. The van der Waals surface area contributed by atoms with Crippen LogP contribution in [0.25, 0.3) is 0 Å². The number of aliphatic hydroxyl groups excluding tert-OH is 2. The fraction of sp³-hybridized carbons (Fsp3) is 0.867. The van der Waals surface area contributed by atoms with Gasteiger partial charge >= 0.3 is 0 Å². The number of rotatable bonds is 1. The molecule has 1 saturated carbocycles. The lowest BCUT2D eigenvalue weighted by Crippen LogP contribution is -2.54. The van der Waals surface area contributed by atoms with E-state index in [9.17, 15) is 10.2 Å². The molecule has 2 heteroatoms. The molecule has 0 amide bonds. The van der Waals surface area contributed by atoms with Crippen molar-refractivity contribution in [3.8, 4) is 0 Å². The van der Waals surface area contributed by atoms with Gasteiger partial charge in [-0.05, 0) is 42.9 Å². The van der Waals surface area contributed by atoms with Gasteiger partial charge in [0.1, 0.15) is 0 Å². The van der Waals surface area contributed by atoms with Gasteiger partial charge in [-0.25, -0.2) is 0 Å². The van der Waals surface area contributed by atoms with Gasteiger partial charge in [-0.15, -0.1) is 0 Å². The first-order valence-electron chi connectivity index (χ1n) is 6.79. The Labute approximate surface area is 105 Å². The van der Waals surface area contributed by atoms with E-state index in [0.29, 0.717) is 5.92 Å². The van der Waals surface area contributed by atoms with Crippen molar-refractivity contribution in [2.45, 2.75) is 53.1 Å². The minimum absolute atomic E-state index is 0.0440. The minimum atomic E-state index is -0.202. The van der Waals surface area contributed by atoms with Crippen LogP contribution in [0.15, 0.2) is 11.6 Å². The molecular formula is C15H26O2. The molecule has 4 atom stereocenters. The Bertz CT molecular complexity index is 332. The first-order valence-corrected chi connectivity index (χ1v) is 6.79. The van der Waals surface area contributed by atoms with Crippen LogP contribution in [0.5, 0.6) is 0 Å². The summed E-state index contributed by atoms with van der Waals surface area (Å²) in [6.07, 6.45) is 5.00. The van der Waals surface area contributed by atoms with Crippen LogP contribution in [0.4, 0.5) is 0 Å². The van der Waals surface area contributed by atoms with Crippen molar-refractivity contribution in [2.75, 3.05) is 6.61 Å². The number of hydrogen-bond acceptors (Lipinski definition) is 2. The zero-order valence-corrected chi connectivity index (χ0v) is 11.5. The summed E-state index contributed by atoms with van der Waals surface area (Å²) in [4.78, 5) is 0. The molecular weight excluding hydrogens is 212 g/mol. The summed E-state index contributed by atoms with van der Waals surface area (Å²) >= 11 is 0. The third kappa shape index (κ3) is 1.77. The van der Waals surface area contributed by atoms with Crippen molar-refractivity contribution >= 4 is 0 Å². The molecule has 0 spiro atoms. The Morgan fingerprint density at radius 3 is 2.59 bits per heavy atom. The number of hydrogen-bond donors (Lipinski definition) is 2. The van der Waals surface area contributed by atoms with Crippen LogP contribution in [0.1, 0.15) is 47.0 Å². The smallest absolute Gasteiger partial charge is 0.0594 e. The number of aliphatic hydroxyl groups is 2. The van der Waals surface area contributed by atoms with Gasteiger partial charge in [0.2, 0.25) is 0 Å². The number of fused-ring (bicyclic) bond motifs is 1. The largest absolute Gasteiger partial charge is 0.396 e. The van der Waals surface area contributed by atoms with Crippen molar-refractivity contribution in [1.82, 2.24) is 0 Å². The Morgan fingerprint density at radius 1 is 1.35 bits per heavy atom. The van der Waals surface area contributed by atoms with E-state index >= 15 is 0 Å². The van der Waals surface area contributed by atoms with E-state index in [4.69, 9.17) is 0 Å². The molecule has 1 fully saturated rings. The van der Waals surface area contributed by atoms with Crippen LogP contribution in [-0.4, -0.2) is 22.9 Å². The average molecular weight is 238 g/mol. The van der Waals surface area contributed by atoms with Gasteiger partial charge in [-0.2, -0.15) is 0 Å². The highest BCUT2D eigenvalue weighted by molar-refractivity contribution is 5.19. The molecule has 0 aromatic rings. The Morgan fingerprint density at radius 2 is 2.00 bits per heavy atom. The lowest BCUT2D eigenvalue weighted by atomic mass is 9.48. The van der Waals surface area contributed by atoms with Gasteiger partial charge < -0.3 is 10.2 Å². The van der Waals surface area contributed by atoms with Crippen LogP contribution in [0.2, 0.25) is 0 Å². The van der Waals surface area contributed by atoms with Crippen LogP contribution in [0.3, 0.4) is 0 Å². The molecule has 98 valence electrons. The molecule has 0 aromatic heterocycles. The summed E-state index contributed by atoms with van der Waals surface area (Å²) in [5.74, 6) is 0.743. The van der Waals surface area contributed by atoms with E-state index < -0.39 is 0 Å². The fourth-order valence-corrected chi connectivity index (χ4v) is 4.38. The van der Waals surface area contributed by atoms with Gasteiger partial charge in [0.15, 0.2) is 0 Å². The van der Waals surface area contributed by atoms with Gasteiger partial charge in [-0.3, -0.25) is 0 Å². The summed E-state index contributed by atoms with van der Waals surface area (Å²) in [7, 11) is 0. The standard InChI is InChI=1S/C15H26O2/c1-10-5-6-12-14(2,3)13(17)7-8-15(12,4)11(10)9-16/h5,11-13,16-17H,6-9H2,1-4H3/t11-,12-,13-,15-/m0/s1. The van der Waals surface area contributed by atoms with Gasteiger partial charge in [0.25, 0.3) is 0 Å². The topological polar surface area (TPSA) is 40.5 Å². The van der Waals surface area contributed by atoms with Crippen molar-refractivity contribution in [1.29, 1.82) is 0 Å². The minimum Gasteiger partial charge on any atom is -0.396 e. The molecule has 17 heavy (non-hydrogen) atoms. The Balaban J connectivity index is 2.41. The molecule has 0 aliphatic heterocycles. The fourth-order valence-electron chi connectivity index (χ4n) is 4.38. The second-order valence-electron chi connectivity index (χ2n) is 6.85. The summed E-state index contributed by atoms with van der Waals surface area (Å²) in [5, 5.41) is 19.9. The molecule has 2 aliphatic rings. The van der Waals surface area contributed by atoms with Crippen LogP contribution in [-0.2, 0) is 0 Å². The summed E-state index contributed by atoms with van der Waals surface area (Å²) < 4.78 is 0. The lowest BCUT2D eigenvalue weighted by Gasteiger charge is -2.58. The predicted octanol–water partition coefficient (Wildman–Crippen LogP) is 2.75. The molecule has 2 aliphatic carbocycles. The summed E-state index contributed by atoms with van der Waals surface area (Å²) in [5.41, 5.74) is 1.44. The van der Waals surface area contributed by atoms with Gasteiger partial charge in [-0.1, -0.05) is 32.4 Å². The van der Waals surface area contributed by atoms with E-state index in [-0.39, 0.29) is 29.5 Å². The highest BCUT2D eigenvalue weighted by atomic mass is 16.3. The van der Waals surface area contributed by atoms with Crippen molar-refractivity contribution in [3.05, 3.63) is 11.6 Å². The van der Waals surface area contributed by atoms with E-state index in [1.807, 2.05) is 0 Å². The summed E-state index contributed by atoms with van der Waals surface area (Å²) in [6.45, 7) is 9.05. The molecule has 0 unspecified atom stereocenters. The van der Waals surface area contributed by atoms with Crippen LogP contribution in [0, 0.1) is 22.7 Å². The van der Waals surface area contributed by atoms with E-state index in [2.05, 4.69) is 33.8 Å². The maximum absolute atomic E-state index is 10.2.